The van der Waals surface area contributed by atoms with E-state index in [-0.39, 0.29) is 16.3 Å². The van der Waals surface area contributed by atoms with Crippen LogP contribution in [0.3, 0.4) is 0 Å². The van der Waals surface area contributed by atoms with Crippen LogP contribution in [0.2, 0.25) is 5.02 Å². The maximum absolute atomic E-state index is 13.3. The van der Waals surface area contributed by atoms with Crippen LogP contribution in [0.4, 0.5) is 10.1 Å². The Morgan fingerprint density at radius 1 is 1.53 bits per heavy atom. The van der Waals surface area contributed by atoms with Gasteiger partial charge in [-0.25, -0.2) is 0 Å². The van der Waals surface area contributed by atoms with Crippen LogP contribution < -0.4 is 0 Å². The van der Waals surface area contributed by atoms with E-state index in [2.05, 4.69) is 12.6 Å². The second-order valence-electron chi connectivity index (χ2n) is 3.28. The second-order valence-corrected chi connectivity index (χ2v) is 4.05. The van der Waals surface area contributed by atoms with Crippen molar-refractivity contribution in [3.05, 3.63) is 38.7 Å². The minimum atomic E-state index is -1.45. The molecule has 0 amide bonds. The first-order valence-electron chi connectivity index (χ1n) is 4.48. The predicted molar refractivity (Wildman–Crippen MR) is 62.9 cm³/mol. The van der Waals surface area contributed by atoms with Crippen LogP contribution in [-0.2, 0) is 0 Å². The number of thiol groups is 1. The molecule has 94 valence electrons. The Kier molecular flexibility index (Phi) is 4.70. The Bertz CT molecular complexity index is 445. The molecule has 2 unspecified atom stereocenters. The smallest absolute Gasteiger partial charge is 0.306 e. The maximum Gasteiger partial charge on any atom is 0.306 e. The number of aliphatic hydroxyl groups excluding tert-OH is 2. The van der Waals surface area contributed by atoms with Crippen LogP contribution >= 0.6 is 24.2 Å². The first kappa shape index (κ1) is 14.2. The molecule has 0 aromatic heterocycles. The molecule has 0 bridgehead atoms. The Balaban J connectivity index is 3.20. The van der Waals surface area contributed by atoms with Crippen molar-refractivity contribution >= 4 is 29.9 Å². The van der Waals surface area contributed by atoms with Gasteiger partial charge in [-0.3, -0.25) is 10.1 Å². The summed E-state index contributed by atoms with van der Waals surface area (Å²) < 4.78 is 13.3. The molecule has 0 heterocycles. The zero-order chi connectivity index (χ0) is 13.2. The number of hydrogen-bond acceptors (Lipinski definition) is 5. The third kappa shape index (κ3) is 3.06. The molecular formula is C9H9ClFNO4S. The third-order valence-corrected chi connectivity index (χ3v) is 2.83. The number of nitro groups is 1. The highest BCUT2D eigenvalue weighted by Crippen LogP contribution is 2.31. The number of benzene rings is 1. The second kappa shape index (κ2) is 5.63. The predicted octanol–water partition coefficient (Wildman–Crippen LogP) is 1.71. The fourth-order valence-corrected chi connectivity index (χ4v) is 1.69. The van der Waals surface area contributed by atoms with Crippen molar-refractivity contribution in [1.82, 2.24) is 0 Å². The van der Waals surface area contributed by atoms with E-state index in [9.17, 15) is 24.7 Å². The summed E-state index contributed by atoms with van der Waals surface area (Å²) in [7, 11) is 0. The monoisotopic (exact) mass is 281 g/mol. The van der Waals surface area contributed by atoms with Crippen LogP contribution in [0.5, 0.6) is 0 Å². The Morgan fingerprint density at radius 2 is 2.12 bits per heavy atom. The van der Waals surface area contributed by atoms with Crippen LogP contribution in [0.1, 0.15) is 11.7 Å². The molecule has 0 aliphatic rings. The molecule has 2 N–H and O–H groups in total. The first-order valence-corrected chi connectivity index (χ1v) is 5.49. The molecular weight excluding hydrogens is 273 g/mol. The first-order chi connectivity index (χ1) is 7.88. The number of hydrogen-bond donors (Lipinski definition) is 3. The highest BCUT2D eigenvalue weighted by molar-refractivity contribution is 7.80. The number of aliphatic hydroxyl groups is 2. The summed E-state index contributed by atoms with van der Waals surface area (Å²) in [6, 6.07) is 1.53. The third-order valence-electron chi connectivity index (χ3n) is 2.13. The average Bonchev–Trinajstić information content (AvgIpc) is 2.29. The fraction of sp³-hybridized carbons (Fsp3) is 0.333. The lowest BCUT2D eigenvalue weighted by molar-refractivity contribution is -0.387. The zero-order valence-electron chi connectivity index (χ0n) is 8.38. The van der Waals surface area contributed by atoms with Gasteiger partial charge < -0.3 is 10.2 Å². The lowest BCUT2D eigenvalue weighted by Gasteiger charge is -2.17. The van der Waals surface area contributed by atoms with Gasteiger partial charge in [-0.15, -0.1) is 0 Å². The van der Waals surface area contributed by atoms with Crippen molar-refractivity contribution in [2.24, 2.45) is 0 Å². The van der Waals surface area contributed by atoms with Crippen LogP contribution in [0.15, 0.2) is 12.1 Å². The molecule has 1 aromatic rings. The van der Waals surface area contributed by atoms with Crippen molar-refractivity contribution in [3.63, 3.8) is 0 Å². The molecule has 1 rings (SSSR count). The van der Waals surface area contributed by atoms with Gasteiger partial charge in [0, 0.05) is 17.4 Å². The number of rotatable bonds is 4. The highest BCUT2D eigenvalue weighted by atomic mass is 35.5. The van der Waals surface area contributed by atoms with E-state index in [1.165, 1.54) is 0 Å². The zero-order valence-corrected chi connectivity index (χ0v) is 10.0. The summed E-state index contributed by atoms with van der Waals surface area (Å²) in [6.45, 7) is 0. The molecule has 0 saturated carbocycles. The van der Waals surface area contributed by atoms with Crippen molar-refractivity contribution < 1.29 is 19.5 Å². The van der Waals surface area contributed by atoms with E-state index < -0.39 is 28.6 Å². The Hall–Kier alpha value is -0.890. The number of nitro benzene ring substituents is 1. The molecule has 1 aromatic carbocycles. The van der Waals surface area contributed by atoms with E-state index in [1.54, 1.807) is 0 Å². The largest absolute Gasteiger partial charge is 0.389 e. The lowest BCUT2D eigenvalue weighted by Crippen LogP contribution is -2.20. The summed E-state index contributed by atoms with van der Waals surface area (Å²) in [6.07, 6.45) is -2.69. The summed E-state index contributed by atoms with van der Waals surface area (Å²) in [4.78, 5) is 9.50. The minimum Gasteiger partial charge on any atom is -0.389 e. The van der Waals surface area contributed by atoms with E-state index in [4.69, 9.17) is 11.6 Å². The van der Waals surface area contributed by atoms with Gasteiger partial charge in [0.25, 0.3) is 0 Å². The lowest BCUT2D eigenvalue weighted by atomic mass is 10.0. The van der Waals surface area contributed by atoms with Gasteiger partial charge in [0.15, 0.2) is 0 Å². The van der Waals surface area contributed by atoms with Crippen LogP contribution in [0, 0.1) is 15.9 Å². The molecule has 0 saturated heterocycles. The van der Waals surface area contributed by atoms with Crippen molar-refractivity contribution in [2.75, 3.05) is 5.75 Å². The summed E-state index contributed by atoms with van der Waals surface area (Å²) >= 11 is 9.44. The number of nitrogens with zero attached hydrogens (tertiary/aromatic N) is 1. The summed E-state index contributed by atoms with van der Waals surface area (Å²) in [5.41, 5.74) is -0.900. The molecule has 17 heavy (non-hydrogen) atoms. The summed E-state index contributed by atoms with van der Waals surface area (Å²) in [5, 5.41) is 29.2. The molecule has 0 radical (unpaired) electrons. The molecule has 8 heteroatoms. The molecule has 0 aliphatic carbocycles. The minimum absolute atomic E-state index is 0.0594. The fourth-order valence-electron chi connectivity index (χ4n) is 1.23. The topological polar surface area (TPSA) is 83.6 Å². The van der Waals surface area contributed by atoms with Gasteiger partial charge in [0.2, 0.25) is 5.82 Å². The van der Waals surface area contributed by atoms with E-state index >= 15 is 0 Å². The van der Waals surface area contributed by atoms with E-state index in [1.807, 2.05) is 0 Å². The molecule has 0 spiro atoms. The molecule has 2 atom stereocenters. The van der Waals surface area contributed by atoms with Crippen molar-refractivity contribution in [1.29, 1.82) is 0 Å². The van der Waals surface area contributed by atoms with Crippen LogP contribution in [0.25, 0.3) is 0 Å². The van der Waals surface area contributed by atoms with Gasteiger partial charge >= 0.3 is 5.69 Å². The molecule has 0 aliphatic heterocycles. The van der Waals surface area contributed by atoms with E-state index in [0.717, 1.165) is 12.1 Å². The van der Waals surface area contributed by atoms with Crippen molar-refractivity contribution in [2.45, 2.75) is 12.2 Å². The Morgan fingerprint density at radius 3 is 2.59 bits per heavy atom. The molecule has 0 fully saturated rings. The quantitative estimate of drug-likeness (QED) is 0.446. The SMILES string of the molecule is O=[N+]([O-])c1cc(Cl)c(C(O)C(O)CS)cc1F. The maximum atomic E-state index is 13.3. The summed E-state index contributed by atoms with van der Waals surface area (Å²) in [5.74, 6) is -1.18. The molecule has 5 nitrogen and oxygen atoms in total. The number of halogens is 2. The average molecular weight is 282 g/mol. The standard InChI is InChI=1S/C9H9ClFNO4S/c10-5-2-7(12(15)16)6(11)1-4(5)9(14)8(13)3-17/h1-2,8-9,13-14,17H,3H2. The van der Waals surface area contributed by atoms with Gasteiger partial charge in [-0.05, 0) is 6.07 Å². The van der Waals surface area contributed by atoms with Gasteiger partial charge in [0.05, 0.1) is 16.0 Å². The van der Waals surface area contributed by atoms with Crippen LogP contribution in [-0.4, -0.2) is 27.0 Å². The van der Waals surface area contributed by atoms with Gasteiger partial charge in [-0.1, -0.05) is 11.6 Å². The normalized spacial score (nSPS) is 14.4. The van der Waals surface area contributed by atoms with Gasteiger partial charge in [0.1, 0.15) is 6.10 Å². The van der Waals surface area contributed by atoms with Gasteiger partial charge in [-0.2, -0.15) is 17.0 Å². The Labute approximate surface area is 106 Å². The van der Waals surface area contributed by atoms with E-state index in [0.29, 0.717) is 0 Å². The van der Waals surface area contributed by atoms with Crippen molar-refractivity contribution in [3.8, 4) is 0 Å². The highest BCUT2D eigenvalue weighted by Gasteiger charge is 2.24.